The van der Waals surface area contributed by atoms with Crippen molar-refractivity contribution in [2.24, 2.45) is 5.92 Å². The third kappa shape index (κ3) is 25.8. The minimum Gasteiger partial charge on any atom is -0.331 e. The molecule has 0 aliphatic rings. The second kappa shape index (κ2) is 8.85. The summed E-state index contributed by atoms with van der Waals surface area (Å²) in [4.78, 5) is 0. The molecule has 5 nitrogen and oxygen atoms in total. The standard InChI is InChI=1S/C11H26N.H2O4S/c1-6-8-9-11(7-2)10-12(3,4)5;1-5(2,3)4/h11H,6-10H2,1-5H3;(H2,1,2,3,4)/q+1;. The van der Waals surface area contributed by atoms with Crippen LogP contribution in [-0.2, 0) is 10.4 Å². The van der Waals surface area contributed by atoms with E-state index in [2.05, 4.69) is 35.0 Å². The Hall–Kier alpha value is -0.170. The van der Waals surface area contributed by atoms with Gasteiger partial charge >= 0.3 is 10.4 Å². The molecule has 6 heteroatoms. The van der Waals surface area contributed by atoms with Crippen LogP contribution < -0.4 is 0 Å². The van der Waals surface area contributed by atoms with Gasteiger partial charge in [-0.3, -0.25) is 9.11 Å². The molecule has 0 bridgehead atoms. The Balaban J connectivity index is 0. The van der Waals surface area contributed by atoms with Crippen LogP contribution in [0.2, 0.25) is 0 Å². The van der Waals surface area contributed by atoms with Crippen LogP contribution in [-0.4, -0.2) is 49.7 Å². The molecule has 0 aliphatic carbocycles. The van der Waals surface area contributed by atoms with Gasteiger partial charge in [0.15, 0.2) is 0 Å². The van der Waals surface area contributed by atoms with E-state index in [0.29, 0.717) is 0 Å². The van der Waals surface area contributed by atoms with Crippen molar-refractivity contribution in [3.05, 3.63) is 0 Å². The summed E-state index contributed by atoms with van der Waals surface area (Å²) >= 11 is 0. The Kier molecular flexibility index (Phi) is 9.99. The van der Waals surface area contributed by atoms with Gasteiger partial charge in [-0.25, -0.2) is 0 Å². The van der Waals surface area contributed by atoms with Gasteiger partial charge in [0.2, 0.25) is 0 Å². The van der Waals surface area contributed by atoms with E-state index in [0.717, 1.165) is 10.4 Å². The van der Waals surface area contributed by atoms with Crippen molar-refractivity contribution >= 4 is 10.4 Å². The van der Waals surface area contributed by atoms with Crippen LogP contribution in [0.5, 0.6) is 0 Å². The maximum atomic E-state index is 8.74. The highest BCUT2D eigenvalue weighted by molar-refractivity contribution is 7.79. The molecule has 17 heavy (non-hydrogen) atoms. The highest BCUT2D eigenvalue weighted by atomic mass is 32.3. The molecule has 106 valence electrons. The maximum absolute atomic E-state index is 8.74. The lowest BCUT2D eigenvalue weighted by molar-refractivity contribution is -0.874. The van der Waals surface area contributed by atoms with Crippen LogP contribution in [0.25, 0.3) is 0 Å². The summed E-state index contributed by atoms with van der Waals surface area (Å²) in [6.07, 6.45) is 5.50. The Morgan fingerprint density at radius 2 is 1.53 bits per heavy atom. The second-order valence-electron chi connectivity index (χ2n) is 5.34. The summed E-state index contributed by atoms with van der Waals surface area (Å²) in [6, 6.07) is 0. The van der Waals surface area contributed by atoms with Crippen LogP contribution in [0.4, 0.5) is 0 Å². The molecular weight excluding hydrogens is 242 g/mol. The third-order valence-corrected chi connectivity index (χ3v) is 2.35. The predicted molar refractivity (Wildman–Crippen MR) is 70.4 cm³/mol. The minimum absolute atomic E-state index is 0.935. The SMILES string of the molecule is CCCCC(CC)C[N+](C)(C)C.O=S(=O)(O)O. The molecule has 0 fully saturated rings. The monoisotopic (exact) mass is 270 g/mol. The lowest BCUT2D eigenvalue weighted by Crippen LogP contribution is -2.39. The lowest BCUT2D eigenvalue weighted by Gasteiger charge is -2.28. The number of quaternary nitrogens is 1. The molecular formula is C11H28NO4S+. The van der Waals surface area contributed by atoms with Crippen LogP contribution in [0.1, 0.15) is 39.5 Å². The van der Waals surface area contributed by atoms with Crippen molar-refractivity contribution < 1.29 is 22.0 Å². The van der Waals surface area contributed by atoms with E-state index in [9.17, 15) is 0 Å². The van der Waals surface area contributed by atoms with Gasteiger partial charge in [0.05, 0.1) is 27.7 Å². The molecule has 0 amide bonds. The predicted octanol–water partition coefficient (Wildman–Crippen LogP) is 2.26. The Morgan fingerprint density at radius 1 is 1.12 bits per heavy atom. The van der Waals surface area contributed by atoms with E-state index in [1.165, 1.54) is 32.2 Å². The molecule has 2 N–H and O–H groups in total. The molecule has 0 heterocycles. The highest BCUT2D eigenvalue weighted by Crippen LogP contribution is 2.15. The maximum Gasteiger partial charge on any atom is 0.394 e. The number of hydrogen-bond donors (Lipinski definition) is 2. The fourth-order valence-electron chi connectivity index (χ4n) is 1.69. The lowest BCUT2D eigenvalue weighted by atomic mass is 9.98. The number of nitrogens with zero attached hydrogens (tertiary/aromatic N) is 1. The van der Waals surface area contributed by atoms with Crippen LogP contribution >= 0.6 is 0 Å². The van der Waals surface area contributed by atoms with E-state index >= 15 is 0 Å². The van der Waals surface area contributed by atoms with Crippen molar-refractivity contribution in [3.8, 4) is 0 Å². The van der Waals surface area contributed by atoms with Gasteiger partial charge in [0.25, 0.3) is 0 Å². The van der Waals surface area contributed by atoms with Crippen molar-refractivity contribution in [2.45, 2.75) is 39.5 Å². The quantitative estimate of drug-likeness (QED) is 0.573. The zero-order valence-corrected chi connectivity index (χ0v) is 12.5. The first-order valence-electron chi connectivity index (χ1n) is 6.00. The summed E-state index contributed by atoms with van der Waals surface area (Å²) < 4.78 is 32.7. The summed E-state index contributed by atoms with van der Waals surface area (Å²) in [5, 5.41) is 0. The van der Waals surface area contributed by atoms with Crippen LogP contribution in [0, 0.1) is 5.92 Å². The number of unbranched alkanes of at least 4 members (excludes halogenated alkanes) is 1. The second-order valence-corrected chi connectivity index (χ2v) is 6.23. The Morgan fingerprint density at radius 3 is 1.76 bits per heavy atom. The molecule has 0 rings (SSSR count). The van der Waals surface area contributed by atoms with Gasteiger partial charge in [-0.15, -0.1) is 0 Å². The Labute approximate surface area is 106 Å². The van der Waals surface area contributed by atoms with Gasteiger partial charge < -0.3 is 4.48 Å². The molecule has 0 radical (unpaired) electrons. The number of hydrogen-bond acceptors (Lipinski definition) is 2. The summed E-state index contributed by atoms with van der Waals surface area (Å²) in [5.74, 6) is 0.935. The fourth-order valence-corrected chi connectivity index (χ4v) is 1.69. The van der Waals surface area contributed by atoms with E-state index in [1.54, 1.807) is 0 Å². The van der Waals surface area contributed by atoms with E-state index in [1.807, 2.05) is 0 Å². The molecule has 1 unspecified atom stereocenters. The van der Waals surface area contributed by atoms with Crippen LogP contribution in [0.15, 0.2) is 0 Å². The molecule has 0 saturated carbocycles. The zero-order valence-electron chi connectivity index (χ0n) is 11.7. The van der Waals surface area contributed by atoms with Crippen LogP contribution in [0.3, 0.4) is 0 Å². The van der Waals surface area contributed by atoms with Crippen molar-refractivity contribution in [3.63, 3.8) is 0 Å². The minimum atomic E-state index is -4.67. The molecule has 0 saturated heterocycles. The zero-order chi connectivity index (χ0) is 14.1. The van der Waals surface area contributed by atoms with Crippen molar-refractivity contribution in [1.82, 2.24) is 0 Å². The number of rotatable bonds is 6. The molecule has 0 aromatic rings. The first-order valence-corrected chi connectivity index (χ1v) is 7.39. The Bertz CT molecular complexity index is 262. The molecule has 0 aromatic carbocycles. The van der Waals surface area contributed by atoms with Crippen molar-refractivity contribution in [2.75, 3.05) is 27.7 Å². The molecule has 0 aromatic heterocycles. The van der Waals surface area contributed by atoms with E-state index in [4.69, 9.17) is 17.5 Å². The molecule has 0 spiro atoms. The first-order chi connectivity index (χ1) is 7.49. The van der Waals surface area contributed by atoms with Gasteiger partial charge in [-0.1, -0.05) is 26.7 Å². The smallest absolute Gasteiger partial charge is 0.331 e. The summed E-state index contributed by atoms with van der Waals surface area (Å²) in [5.41, 5.74) is 0. The highest BCUT2D eigenvalue weighted by Gasteiger charge is 2.15. The van der Waals surface area contributed by atoms with E-state index < -0.39 is 10.4 Å². The first kappa shape index (κ1) is 19.2. The van der Waals surface area contributed by atoms with Crippen molar-refractivity contribution in [1.29, 1.82) is 0 Å². The third-order valence-electron chi connectivity index (χ3n) is 2.35. The summed E-state index contributed by atoms with van der Waals surface area (Å²) in [6.45, 7) is 5.92. The van der Waals surface area contributed by atoms with Gasteiger partial charge in [0, 0.05) is 5.92 Å². The average molecular weight is 270 g/mol. The summed E-state index contributed by atoms with van der Waals surface area (Å²) in [7, 11) is 2.19. The molecule has 0 aliphatic heterocycles. The molecule has 1 atom stereocenters. The van der Waals surface area contributed by atoms with Gasteiger partial charge in [-0.05, 0) is 12.8 Å². The van der Waals surface area contributed by atoms with Gasteiger partial charge in [-0.2, -0.15) is 8.42 Å². The van der Waals surface area contributed by atoms with Gasteiger partial charge in [0.1, 0.15) is 0 Å². The average Bonchev–Trinajstić information content (AvgIpc) is 2.07. The fraction of sp³-hybridized carbons (Fsp3) is 1.00. The normalized spacial score (nSPS) is 13.8. The topological polar surface area (TPSA) is 74.6 Å². The largest absolute Gasteiger partial charge is 0.394 e. The van der Waals surface area contributed by atoms with E-state index in [-0.39, 0.29) is 0 Å².